The highest BCUT2D eigenvalue weighted by molar-refractivity contribution is 5.24. The summed E-state index contributed by atoms with van der Waals surface area (Å²) in [5, 5.41) is 0. The van der Waals surface area contributed by atoms with E-state index in [-0.39, 0.29) is 5.56 Å². The quantitative estimate of drug-likeness (QED) is 0.538. The predicted octanol–water partition coefficient (Wildman–Crippen LogP) is 0.415. The Kier molecular flexibility index (Phi) is 1.32. The Morgan fingerprint density at radius 2 is 2.36 bits per heavy atom. The molecule has 1 aromatic rings. The van der Waals surface area contributed by atoms with E-state index in [1.54, 1.807) is 17.8 Å². The standard InChI is InChI=1S/C8H9NO2/c1-9-3-2-6-4-11-5-7(6)8(9)10/h2-3H,4-5H2,1H3. The smallest absolute Gasteiger partial charge is 0.256 e. The van der Waals surface area contributed by atoms with Crippen LogP contribution in [0.1, 0.15) is 11.1 Å². The van der Waals surface area contributed by atoms with Crippen LogP contribution in [0, 0.1) is 0 Å². The molecule has 58 valence electrons. The number of ether oxygens (including phenoxy) is 1. The number of hydrogen-bond donors (Lipinski definition) is 0. The van der Waals surface area contributed by atoms with Gasteiger partial charge in [-0.2, -0.15) is 0 Å². The van der Waals surface area contributed by atoms with E-state index >= 15 is 0 Å². The van der Waals surface area contributed by atoms with Gasteiger partial charge in [-0.25, -0.2) is 0 Å². The molecule has 1 aromatic heterocycles. The first kappa shape index (κ1) is 6.61. The minimum absolute atomic E-state index is 0.0694. The summed E-state index contributed by atoms with van der Waals surface area (Å²) in [6.07, 6.45) is 1.77. The van der Waals surface area contributed by atoms with E-state index in [4.69, 9.17) is 4.74 Å². The Hall–Kier alpha value is -1.09. The highest BCUT2D eigenvalue weighted by Crippen LogP contribution is 2.14. The van der Waals surface area contributed by atoms with Gasteiger partial charge in [-0.3, -0.25) is 4.79 Å². The first-order valence-corrected chi connectivity index (χ1v) is 3.54. The van der Waals surface area contributed by atoms with E-state index in [9.17, 15) is 4.79 Å². The van der Waals surface area contributed by atoms with Gasteiger partial charge in [0.25, 0.3) is 5.56 Å². The summed E-state index contributed by atoms with van der Waals surface area (Å²) >= 11 is 0. The van der Waals surface area contributed by atoms with Crippen LogP contribution in [-0.4, -0.2) is 4.57 Å². The number of rotatable bonds is 0. The van der Waals surface area contributed by atoms with E-state index in [1.807, 2.05) is 6.07 Å². The third-order valence-corrected chi connectivity index (χ3v) is 1.97. The summed E-state index contributed by atoms with van der Waals surface area (Å²) in [5.41, 5.74) is 1.92. The largest absolute Gasteiger partial charge is 0.372 e. The maximum absolute atomic E-state index is 11.3. The zero-order valence-electron chi connectivity index (χ0n) is 6.33. The first-order chi connectivity index (χ1) is 5.29. The van der Waals surface area contributed by atoms with Crippen molar-refractivity contribution in [2.45, 2.75) is 13.2 Å². The van der Waals surface area contributed by atoms with Crippen LogP contribution in [0.3, 0.4) is 0 Å². The lowest BCUT2D eigenvalue weighted by atomic mass is 10.2. The van der Waals surface area contributed by atoms with E-state index in [0.29, 0.717) is 13.2 Å². The summed E-state index contributed by atoms with van der Waals surface area (Å²) in [6, 6.07) is 1.93. The Bertz CT molecular complexity index is 340. The van der Waals surface area contributed by atoms with E-state index in [0.717, 1.165) is 11.1 Å². The molecule has 11 heavy (non-hydrogen) atoms. The van der Waals surface area contributed by atoms with Crippen LogP contribution < -0.4 is 5.56 Å². The van der Waals surface area contributed by atoms with Crippen LogP contribution in [0.15, 0.2) is 17.1 Å². The third kappa shape index (κ3) is 0.886. The monoisotopic (exact) mass is 151 g/mol. The molecular weight excluding hydrogens is 142 g/mol. The number of fused-ring (bicyclic) bond motifs is 1. The van der Waals surface area contributed by atoms with Gasteiger partial charge < -0.3 is 9.30 Å². The van der Waals surface area contributed by atoms with Gasteiger partial charge in [-0.15, -0.1) is 0 Å². The fourth-order valence-electron chi connectivity index (χ4n) is 1.27. The van der Waals surface area contributed by atoms with Crippen LogP contribution in [-0.2, 0) is 25.0 Å². The molecule has 0 aromatic carbocycles. The lowest BCUT2D eigenvalue weighted by molar-refractivity contribution is 0.134. The zero-order chi connectivity index (χ0) is 7.84. The molecule has 1 aliphatic heterocycles. The average Bonchev–Trinajstić information content (AvgIpc) is 2.45. The predicted molar refractivity (Wildman–Crippen MR) is 40.2 cm³/mol. The number of hydrogen-bond acceptors (Lipinski definition) is 2. The zero-order valence-corrected chi connectivity index (χ0v) is 6.33. The van der Waals surface area contributed by atoms with Gasteiger partial charge in [-0.05, 0) is 11.6 Å². The molecule has 0 saturated heterocycles. The van der Waals surface area contributed by atoms with E-state index < -0.39 is 0 Å². The molecular formula is C8H9NO2. The van der Waals surface area contributed by atoms with Crippen molar-refractivity contribution in [2.75, 3.05) is 0 Å². The van der Waals surface area contributed by atoms with Crippen LogP contribution in [0.25, 0.3) is 0 Å². The Morgan fingerprint density at radius 3 is 3.18 bits per heavy atom. The maximum atomic E-state index is 11.3. The Labute approximate surface area is 64.2 Å². The van der Waals surface area contributed by atoms with Crippen molar-refractivity contribution in [2.24, 2.45) is 7.05 Å². The second-order valence-corrected chi connectivity index (χ2v) is 2.73. The van der Waals surface area contributed by atoms with Gasteiger partial charge >= 0.3 is 0 Å². The SMILES string of the molecule is Cn1ccc2c(c1=O)COC2. The van der Waals surface area contributed by atoms with Crippen molar-refractivity contribution in [3.05, 3.63) is 33.7 Å². The molecule has 2 heterocycles. The van der Waals surface area contributed by atoms with Gasteiger partial charge in [0, 0.05) is 18.8 Å². The topological polar surface area (TPSA) is 31.2 Å². The Morgan fingerprint density at radius 1 is 1.55 bits per heavy atom. The highest BCUT2D eigenvalue weighted by atomic mass is 16.5. The summed E-state index contributed by atoms with van der Waals surface area (Å²) in [6.45, 7) is 1.06. The van der Waals surface area contributed by atoms with Crippen molar-refractivity contribution in [1.82, 2.24) is 4.57 Å². The number of aromatic nitrogens is 1. The molecule has 1 aliphatic rings. The van der Waals surface area contributed by atoms with Crippen molar-refractivity contribution >= 4 is 0 Å². The van der Waals surface area contributed by atoms with Crippen molar-refractivity contribution in [3.8, 4) is 0 Å². The van der Waals surface area contributed by atoms with Crippen molar-refractivity contribution < 1.29 is 4.74 Å². The van der Waals surface area contributed by atoms with Crippen molar-refractivity contribution in [1.29, 1.82) is 0 Å². The van der Waals surface area contributed by atoms with Crippen LogP contribution in [0.5, 0.6) is 0 Å². The minimum Gasteiger partial charge on any atom is -0.372 e. The van der Waals surface area contributed by atoms with Gasteiger partial charge in [0.15, 0.2) is 0 Å². The number of nitrogens with zero attached hydrogens (tertiary/aromatic N) is 1. The number of pyridine rings is 1. The molecule has 0 unspecified atom stereocenters. The molecule has 0 atom stereocenters. The fraction of sp³-hybridized carbons (Fsp3) is 0.375. The molecule has 0 saturated carbocycles. The molecule has 3 nitrogen and oxygen atoms in total. The van der Waals surface area contributed by atoms with Gasteiger partial charge in [0.05, 0.1) is 13.2 Å². The maximum Gasteiger partial charge on any atom is 0.256 e. The van der Waals surface area contributed by atoms with Gasteiger partial charge in [0.1, 0.15) is 0 Å². The summed E-state index contributed by atoms with van der Waals surface area (Å²) in [5.74, 6) is 0. The highest BCUT2D eigenvalue weighted by Gasteiger charge is 2.14. The van der Waals surface area contributed by atoms with E-state index in [1.165, 1.54) is 0 Å². The molecule has 0 N–H and O–H groups in total. The summed E-state index contributed by atoms with van der Waals surface area (Å²) < 4.78 is 6.71. The number of aryl methyl sites for hydroxylation is 1. The second kappa shape index (κ2) is 2.20. The van der Waals surface area contributed by atoms with Crippen LogP contribution in [0.2, 0.25) is 0 Å². The van der Waals surface area contributed by atoms with Crippen molar-refractivity contribution in [3.63, 3.8) is 0 Å². The molecule has 0 bridgehead atoms. The third-order valence-electron chi connectivity index (χ3n) is 1.97. The van der Waals surface area contributed by atoms with Crippen LogP contribution >= 0.6 is 0 Å². The van der Waals surface area contributed by atoms with E-state index in [2.05, 4.69) is 0 Å². The lowest BCUT2D eigenvalue weighted by Gasteiger charge is -1.98. The molecule has 0 amide bonds. The molecule has 2 rings (SSSR count). The molecule has 0 spiro atoms. The fourth-order valence-corrected chi connectivity index (χ4v) is 1.27. The average molecular weight is 151 g/mol. The van der Waals surface area contributed by atoms with Gasteiger partial charge in [0.2, 0.25) is 0 Å². The normalized spacial score (nSPS) is 15.0. The van der Waals surface area contributed by atoms with Crippen LogP contribution in [0.4, 0.5) is 0 Å². The molecule has 0 aliphatic carbocycles. The Balaban J connectivity index is 2.72. The second-order valence-electron chi connectivity index (χ2n) is 2.73. The molecule has 0 radical (unpaired) electrons. The molecule has 0 fully saturated rings. The van der Waals surface area contributed by atoms with Gasteiger partial charge in [-0.1, -0.05) is 0 Å². The minimum atomic E-state index is 0.0694. The molecule has 3 heteroatoms. The summed E-state index contributed by atoms with van der Waals surface area (Å²) in [7, 11) is 1.75. The first-order valence-electron chi connectivity index (χ1n) is 3.54. The lowest BCUT2D eigenvalue weighted by Crippen LogP contribution is -2.19. The summed E-state index contributed by atoms with van der Waals surface area (Å²) in [4.78, 5) is 11.3.